The van der Waals surface area contributed by atoms with E-state index >= 15 is 0 Å². The summed E-state index contributed by atoms with van der Waals surface area (Å²) in [5.41, 5.74) is 0. The summed E-state index contributed by atoms with van der Waals surface area (Å²) in [7, 11) is 0. The Morgan fingerprint density at radius 2 is 1.09 bits per heavy atom. The van der Waals surface area contributed by atoms with Crippen molar-refractivity contribution in [2.75, 3.05) is 0 Å². The van der Waals surface area contributed by atoms with Gasteiger partial charge in [0.2, 0.25) is 0 Å². The molecule has 0 spiro atoms. The molecule has 0 saturated carbocycles. The van der Waals surface area contributed by atoms with E-state index in [1.807, 2.05) is 0 Å². The summed E-state index contributed by atoms with van der Waals surface area (Å²) in [6, 6.07) is 0. The molecule has 0 amide bonds. The van der Waals surface area contributed by atoms with Gasteiger partial charge in [-0.1, -0.05) is 0 Å². The summed E-state index contributed by atoms with van der Waals surface area (Å²) in [6.45, 7) is 0. The molecule has 0 aliphatic carbocycles. The van der Waals surface area contributed by atoms with Gasteiger partial charge in [0.1, 0.15) is 0 Å². The second-order valence-corrected chi connectivity index (χ2v) is 0. The van der Waals surface area contributed by atoms with E-state index in [9.17, 15) is 0 Å². The van der Waals surface area contributed by atoms with Gasteiger partial charge in [-0.15, -0.1) is 0 Å². The minimum absolute atomic E-state index is 0. The summed E-state index contributed by atoms with van der Waals surface area (Å²) in [5, 5.41) is 0. The first-order chi connectivity index (χ1) is 0. The Hall–Kier alpha value is 17.0. The van der Waals surface area contributed by atoms with Crippen molar-refractivity contribution in [3.05, 3.63) is 0 Å². The van der Waals surface area contributed by atoms with Crippen molar-refractivity contribution in [3.8, 4) is 0 Å². The first kappa shape index (κ1) is 211. The molecule has 28 radical (unpaired) electrons. The molecule has 0 aromatic heterocycles. The summed E-state index contributed by atoms with van der Waals surface area (Å²) in [4.78, 5) is 0. The van der Waals surface area contributed by atoms with Gasteiger partial charge in [0, 0.05) is 348 Å². The number of hydrogen-bond donors (Lipinski definition) is 1. The van der Waals surface area contributed by atoms with Crippen molar-refractivity contribution in [3.63, 3.8) is 0 Å². The molecule has 0 bridgehead atoms. The van der Waals surface area contributed by atoms with Crippen molar-refractivity contribution >= 4 is 279 Å². The van der Waals surface area contributed by atoms with Gasteiger partial charge < -0.3 is 17.6 Å². The third-order valence-electron chi connectivity index (χ3n) is 0. The fourth-order valence-electron chi connectivity index (χ4n) is 0. The Morgan fingerprint density at radius 1 is 1.09 bits per heavy atom. The van der Waals surface area contributed by atoms with E-state index in [1.165, 1.54) is 0 Å². The van der Waals surface area contributed by atoms with Gasteiger partial charge in [-0.3, -0.25) is 0 Å². The molecule has 0 unspecified atom stereocenters. The van der Waals surface area contributed by atoms with Crippen LogP contribution in [0.15, 0.2) is 0 Å². The molecule has 1 nitrogen and oxygen atoms in total. The first-order valence-electron chi connectivity index (χ1n) is 0. The van der Waals surface area contributed by atoms with E-state index in [4.69, 9.17) is 0 Å². The molecular formula is H17AcAgAlBBaBeBiFeIn2LaLiMgNNaPbSSbScSeSiSmTa+5. The van der Waals surface area contributed by atoms with Crippen LogP contribution in [-0.2, 0) is 87.7 Å². The van der Waals surface area contributed by atoms with Crippen LogP contribution in [0.5, 0.6) is 0 Å². The smallest absolute Gasteiger partial charge is 0 e. The van der Waals surface area contributed by atoms with Crippen LogP contribution in [0.2, 0.25) is 0 Å². The fourth-order valence-corrected chi connectivity index (χ4v) is 0. The van der Waals surface area contributed by atoms with Gasteiger partial charge >= 0.3 is 175 Å². The Labute approximate surface area is 537 Å². The predicted molar refractivity (Wildman–Crippen MR) is 98.2 cm³/mol. The molecule has 0 aromatic rings. The minimum atomic E-state index is 0. The Balaban J connectivity index is 0. The second kappa shape index (κ2) is 195. The molecule has 0 atom stereocenters. The van der Waals surface area contributed by atoms with Crippen LogP contribution in [0.4, 0.5) is 0 Å². The predicted octanol–water partition coefficient (Wildman–Crippen LogP) is -9.61. The quantitative estimate of drug-likeness (QED) is 0.235. The largest absolute Gasteiger partial charge is 0 e. The molecule has 0 heterocycles. The van der Waals surface area contributed by atoms with E-state index in [0.29, 0.717) is 0 Å². The van der Waals surface area contributed by atoms with E-state index in [0.717, 1.165) is 0 Å². The third-order valence-corrected chi connectivity index (χ3v) is 0. The normalized spacial score (nSPS) is 0. The molecule has 0 aromatic carbocycles. The van der Waals surface area contributed by atoms with Crippen LogP contribution in [0.25, 0.3) is 0 Å². The van der Waals surface area contributed by atoms with Gasteiger partial charge in [0.05, 0.1) is 0 Å². The minimum Gasteiger partial charge on any atom is 0 e. The zero-order chi connectivity index (χ0) is 0. The average Bonchev–Trinajstić information content (AvgIpc) is 0. The Bertz CT molecular complexity index is 129. The monoisotopic (exact) mass is 2080 g/mol. The summed E-state index contributed by atoms with van der Waals surface area (Å²) in [6.07, 6.45) is 0. The van der Waals surface area contributed by atoms with E-state index < -0.39 is 0 Å². The summed E-state index contributed by atoms with van der Waals surface area (Å²) < 4.78 is 0. The van der Waals surface area contributed by atoms with Crippen molar-refractivity contribution in [2.24, 2.45) is 0 Å². The SMILES string of the molecule is S.[Ac].[Ag].[Al].[B].[Ba+2].[Be+2].[Bi].[Fe].[H+].[H-].[H-].[H-].[H-].[H-].[H-].[H-].[H-].[In+3].[In].[La].[Li+].[Mg+2].[NH4+].[Na+].[Pb].[Sb].[Sc].[SeH2].[Si].[Sm].[Ta]. The second-order valence-electron chi connectivity index (χ2n) is 0. The average molecular weight is 2080 g/mol. The van der Waals surface area contributed by atoms with Crippen molar-refractivity contribution in [2.45, 2.75) is 0 Å². The number of rotatable bonds is 0. The molecule has 0 rings (SSSR count). The molecule has 0 aliphatic rings. The van der Waals surface area contributed by atoms with Crippen LogP contribution in [-0.4, -0.2) is 265 Å². The van der Waals surface area contributed by atoms with Gasteiger partial charge in [0.15, 0.2) is 0 Å². The van der Waals surface area contributed by atoms with Gasteiger partial charge in [0.25, 0.3) is 0 Å². The first-order valence-corrected chi connectivity index (χ1v) is 0. The van der Waals surface area contributed by atoms with E-state index in [-0.39, 0.29) is 554 Å². The van der Waals surface area contributed by atoms with Crippen molar-refractivity contribution in [1.29, 1.82) is 0 Å². The molecule has 23 heavy (non-hydrogen) atoms. The standard InChI is InChI=1S/Ac.Ag.Al.B.Ba.Be.Bi.Fe.2In.La.Li.Mg.H3N.Na.Pb.H2S.Sb.Sc.H2Se.Si.Sm.Ta.8H/h;;;;;;;;;;;;;1H3;;;1H2;;;1H2;;;;;;;;;;;/q;;;;2*+2;;;;+3;;+1;+2;;+1;;;;;;;;;8*-1/p+2. The molecule has 106 valence electrons. The number of quaternary nitrogens is 1. The molecular weight excluding hydrogens is 2060 g/mol. The van der Waals surface area contributed by atoms with Crippen LogP contribution in [0, 0.1) is 120 Å². The fraction of sp³-hybridized carbons (Fsp3) is 0. The molecule has 0 aliphatic heterocycles. The zero-order valence-corrected chi connectivity index (χ0v) is 61.8. The maximum atomic E-state index is 0. The number of hydrogen-bond acceptors (Lipinski definition) is 0. The Morgan fingerprint density at radius 3 is 1.09 bits per heavy atom. The topological polar surface area (TPSA) is 36.5 Å². The molecule has 23 heteroatoms. The van der Waals surface area contributed by atoms with Crippen LogP contribution in [0.1, 0.15) is 12.8 Å². The van der Waals surface area contributed by atoms with Gasteiger partial charge in [-0.05, 0) is 0 Å². The van der Waals surface area contributed by atoms with Crippen LogP contribution >= 0.6 is 13.5 Å². The molecule has 0 fully saturated rings. The van der Waals surface area contributed by atoms with Gasteiger partial charge in [-0.25, -0.2) is 0 Å². The van der Waals surface area contributed by atoms with Crippen molar-refractivity contribution < 1.29 is 269 Å². The molecule has 0 saturated heterocycles. The van der Waals surface area contributed by atoms with Crippen LogP contribution < -0.4 is 54.6 Å². The van der Waals surface area contributed by atoms with E-state index in [1.54, 1.807) is 0 Å². The Kier molecular flexibility index (Phi) is 1790. The molecule has 4 N–H and O–H groups in total. The summed E-state index contributed by atoms with van der Waals surface area (Å²) >= 11 is 0. The van der Waals surface area contributed by atoms with Crippen molar-refractivity contribution in [1.82, 2.24) is 6.15 Å². The zero-order valence-electron chi connectivity index (χ0n) is 22.6. The maximum absolute atomic E-state index is 0. The van der Waals surface area contributed by atoms with Crippen LogP contribution in [0.3, 0.4) is 0 Å². The van der Waals surface area contributed by atoms with Gasteiger partial charge in [-0.2, -0.15) is 13.5 Å². The summed E-state index contributed by atoms with van der Waals surface area (Å²) in [5.74, 6) is 0. The third kappa shape index (κ3) is 185. The van der Waals surface area contributed by atoms with E-state index in [2.05, 4.69) is 0 Å². The maximum Gasteiger partial charge on any atom is 0 e.